The second kappa shape index (κ2) is 5.75. The average molecular weight is 294 g/mol. The monoisotopic (exact) mass is 293 g/mol. The van der Waals surface area contributed by atoms with Crippen molar-refractivity contribution in [1.29, 1.82) is 0 Å². The highest BCUT2D eigenvalue weighted by Gasteiger charge is 2.08. The number of aryl methyl sites for hydroxylation is 1. The molecule has 1 aromatic carbocycles. The molecule has 0 aliphatic rings. The van der Waals surface area contributed by atoms with Gasteiger partial charge < -0.3 is 5.32 Å². The fourth-order valence-electron chi connectivity index (χ4n) is 1.64. The first-order valence-corrected chi connectivity index (χ1v) is 6.20. The molecule has 0 unspecified atom stereocenters. The van der Waals surface area contributed by atoms with E-state index in [1.807, 2.05) is 0 Å². The first-order valence-electron chi connectivity index (χ1n) is 5.82. The van der Waals surface area contributed by atoms with Gasteiger partial charge >= 0.3 is 5.69 Å². The second-order valence-corrected chi connectivity index (χ2v) is 4.63. The number of rotatable bonds is 3. The van der Waals surface area contributed by atoms with Gasteiger partial charge in [-0.25, -0.2) is 4.79 Å². The van der Waals surface area contributed by atoms with Crippen molar-refractivity contribution in [3.8, 4) is 0 Å². The molecule has 1 aromatic heterocycles. The Morgan fingerprint density at radius 3 is 2.75 bits per heavy atom. The van der Waals surface area contributed by atoms with Crippen LogP contribution in [0.15, 0.2) is 40.1 Å². The SMILES string of the molecule is Cc1cn(CC(=O)Nc2ccccc2Cl)c(=O)[nH]c1=O. The van der Waals surface area contributed by atoms with Crippen LogP contribution in [-0.2, 0) is 11.3 Å². The molecule has 0 bridgehead atoms. The van der Waals surface area contributed by atoms with Gasteiger partial charge in [0, 0.05) is 11.8 Å². The molecule has 0 saturated heterocycles. The van der Waals surface area contributed by atoms with Crippen molar-refractivity contribution < 1.29 is 4.79 Å². The van der Waals surface area contributed by atoms with Crippen LogP contribution in [0.25, 0.3) is 0 Å². The van der Waals surface area contributed by atoms with Crippen molar-refractivity contribution in [2.45, 2.75) is 13.5 Å². The topological polar surface area (TPSA) is 84.0 Å². The fraction of sp³-hybridized carbons (Fsp3) is 0.154. The van der Waals surface area contributed by atoms with E-state index in [1.54, 1.807) is 31.2 Å². The Labute approximate surface area is 119 Å². The van der Waals surface area contributed by atoms with Crippen LogP contribution in [0.1, 0.15) is 5.56 Å². The Bertz CT molecular complexity index is 764. The summed E-state index contributed by atoms with van der Waals surface area (Å²) in [4.78, 5) is 36.8. The van der Waals surface area contributed by atoms with E-state index >= 15 is 0 Å². The molecule has 1 amide bonds. The standard InChI is InChI=1S/C13H12ClN3O3/c1-8-6-17(13(20)16-12(8)19)7-11(18)15-10-5-3-2-4-9(10)14/h2-6H,7H2,1H3,(H,15,18)(H,16,19,20). The number of nitrogens with one attached hydrogen (secondary N) is 2. The van der Waals surface area contributed by atoms with Gasteiger partial charge in [-0.15, -0.1) is 0 Å². The van der Waals surface area contributed by atoms with Crippen molar-refractivity contribution in [2.75, 3.05) is 5.32 Å². The summed E-state index contributed by atoms with van der Waals surface area (Å²) < 4.78 is 1.13. The highest BCUT2D eigenvalue weighted by Crippen LogP contribution is 2.20. The maximum atomic E-state index is 11.9. The van der Waals surface area contributed by atoms with Crippen LogP contribution in [0, 0.1) is 6.92 Å². The van der Waals surface area contributed by atoms with Crippen molar-refractivity contribution in [3.05, 3.63) is 61.9 Å². The molecule has 0 fully saturated rings. The second-order valence-electron chi connectivity index (χ2n) is 4.23. The normalized spacial score (nSPS) is 10.3. The van der Waals surface area contributed by atoms with Crippen LogP contribution >= 0.6 is 11.6 Å². The summed E-state index contributed by atoms with van der Waals surface area (Å²) in [6.45, 7) is 1.35. The quantitative estimate of drug-likeness (QED) is 0.890. The van der Waals surface area contributed by atoms with Gasteiger partial charge in [-0.1, -0.05) is 23.7 Å². The lowest BCUT2D eigenvalue weighted by molar-refractivity contribution is -0.116. The minimum absolute atomic E-state index is 0.207. The maximum Gasteiger partial charge on any atom is 0.328 e. The van der Waals surface area contributed by atoms with Crippen molar-refractivity contribution in [2.24, 2.45) is 0 Å². The smallest absolute Gasteiger partial charge is 0.323 e. The molecule has 0 saturated carbocycles. The fourth-order valence-corrected chi connectivity index (χ4v) is 1.83. The summed E-state index contributed by atoms with van der Waals surface area (Å²) in [6, 6.07) is 6.78. The predicted octanol–water partition coefficient (Wildman–Crippen LogP) is 1.14. The van der Waals surface area contributed by atoms with E-state index in [0.29, 0.717) is 16.3 Å². The number of H-pyrrole nitrogens is 1. The molecule has 7 heteroatoms. The zero-order valence-electron chi connectivity index (χ0n) is 10.6. The highest BCUT2D eigenvalue weighted by molar-refractivity contribution is 6.33. The molecule has 0 aliphatic carbocycles. The summed E-state index contributed by atoms with van der Waals surface area (Å²) in [7, 11) is 0. The number of benzene rings is 1. The average Bonchev–Trinajstić information content (AvgIpc) is 2.39. The zero-order chi connectivity index (χ0) is 14.7. The minimum atomic E-state index is -0.630. The Morgan fingerprint density at radius 2 is 2.05 bits per heavy atom. The number of halogens is 1. The molecular formula is C13H12ClN3O3. The molecule has 20 heavy (non-hydrogen) atoms. The van der Waals surface area contributed by atoms with Crippen molar-refractivity contribution in [1.82, 2.24) is 9.55 Å². The number of hydrogen-bond acceptors (Lipinski definition) is 3. The molecule has 0 atom stereocenters. The predicted molar refractivity (Wildman–Crippen MR) is 76.1 cm³/mol. The van der Waals surface area contributed by atoms with Gasteiger partial charge in [-0.3, -0.25) is 19.1 Å². The zero-order valence-corrected chi connectivity index (χ0v) is 11.4. The van der Waals surface area contributed by atoms with Crippen molar-refractivity contribution >= 4 is 23.2 Å². The van der Waals surface area contributed by atoms with Gasteiger partial charge in [0.2, 0.25) is 5.91 Å². The van der Waals surface area contributed by atoms with Crippen LogP contribution in [0.2, 0.25) is 5.02 Å². The van der Waals surface area contributed by atoms with E-state index < -0.39 is 17.2 Å². The van der Waals surface area contributed by atoms with Gasteiger partial charge in [0.15, 0.2) is 0 Å². The Balaban J connectivity index is 2.17. The van der Waals surface area contributed by atoms with Crippen LogP contribution in [-0.4, -0.2) is 15.5 Å². The Morgan fingerprint density at radius 1 is 1.35 bits per heavy atom. The lowest BCUT2D eigenvalue weighted by Gasteiger charge is -2.08. The molecular weight excluding hydrogens is 282 g/mol. The molecule has 2 N–H and O–H groups in total. The molecule has 0 radical (unpaired) electrons. The van der Waals surface area contributed by atoms with Crippen LogP contribution in [0.5, 0.6) is 0 Å². The van der Waals surface area contributed by atoms with Gasteiger partial charge in [0.05, 0.1) is 10.7 Å². The van der Waals surface area contributed by atoms with Gasteiger partial charge in [-0.2, -0.15) is 0 Å². The van der Waals surface area contributed by atoms with Crippen LogP contribution < -0.4 is 16.6 Å². The van der Waals surface area contributed by atoms with E-state index in [9.17, 15) is 14.4 Å². The Kier molecular flexibility index (Phi) is 4.05. The van der Waals surface area contributed by atoms with Gasteiger partial charge in [-0.05, 0) is 19.1 Å². The van der Waals surface area contributed by atoms with Crippen molar-refractivity contribution in [3.63, 3.8) is 0 Å². The minimum Gasteiger partial charge on any atom is -0.323 e. The summed E-state index contributed by atoms with van der Waals surface area (Å²) in [5.74, 6) is -0.411. The third-order valence-electron chi connectivity index (χ3n) is 2.65. The number of hydrogen-bond donors (Lipinski definition) is 2. The molecule has 0 aliphatic heterocycles. The van der Waals surface area contributed by atoms with Gasteiger partial charge in [0.25, 0.3) is 5.56 Å². The number of aromatic amines is 1. The number of nitrogens with zero attached hydrogens (tertiary/aromatic N) is 1. The molecule has 0 spiro atoms. The number of para-hydroxylation sites is 1. The molecule has 1 heterocycles. The number of carbonyl (C=O) groups is 1. The van der Waals surface area contributed by atoms with Crippen LogP contribution in [0.3, 0.4) is 0 Å². The van der Waals surface area contributed by atoms with E-state index in [4.69, 9.17) is 11.6 Å². The first kappa shape index (κ1) is 14.1. The number of aromatic nitrogens is 2. The largest absolute Gasteiger partial charge is 0.328 e. The summed E-state index contributed by atoms with van der Waals surface area (Å²) in [5.41, 5.74) is -0.267. The number of carbonyl (C=O) groups excluding carboxylic acids is 1. The first-order chi connectivity index (χ1) is 9.47. The third kappa shape index (κ3) is 3.16. The summed E-state index contributed by atoms with van der Waals surface area (Å²) in [5, 5.41) is 3.01. The maximum absolute atomic E-state index is 11.9. The number of anilines is 1. The lowest BCUT2D eigenvalue weighted by atomic mass is 10.3. The molecule has 2 aromatic rings. The van der Waals surface area contributed by atoms with Crippen LogP contribution in [0.4, 0.5) is 5.69 Å². The Hall–Kier alpha value is -2.34. The van der Waals surface area contributed by atoms with Gasteiger partial charge in [0.1, 0.15) is 6.54 Å². The summed E-state index contributed by atoms with van der Waals surface area (Å²) in [6.07, 6.45) is 1.34. The molecule has 2 rings (SSSR count). The number of amides is 1. The highest BCUT2D eigenvalue weighted by atomic mass is 35.5. The molecule has 6 nitrogen and oxygen atoms in total. The van der Waals surface area contributed by atoms with E-state index in [2.05, 4.69) is 10.3 Å². The van der Waals surface area contributed by atoms with E-state index in [-0.39, 0.29) is 6.54 Å². The summed E-state index contributed by atoms with van der Waals surface area (Å²) >= 11 is 5.92. The van der Waals surface area contributed by atoms with E-state index in [1.165, 1.54) is 6.20 Å². The molecule has 104 valence electrons. The third-order valence-corrected chi connectivity index (χ3v) is 2.98. The lowest BCUT2D eigenvalue weighted by Crippen LogP contribution is -2.34. The van der Waals surface area contributed by atoms with E-state index in [0.717, 1.165) is 4.57 Å².